The van der Waals surface area contributed by atoms with Crippen LogP contribution in [0, 0.1) is 11.8 Å². The molecule has 1 aliphatic heterocycles. The van der Waals surface area contributed by atoms with Gasteiger partial charge in [-0.05, 0) is 49.4 Å². The number of ether oxygens (including phenoxy) is 1. The molecule has 1 fully saturated rings. The van der Waals surface area contributed by atoms with Crippen molar-refractivity contribution in [1.29, 1.82) is 0 Å². The fourth-order valence-corrected chi connectivity index (χ4v) is 8.24. The minimum atomic E-state index is -1.95. The zero-order valence-electron chi connectivity index (χ0n) is 17.2. The van der Waals surface area contributed by atoms with E-state index in [1.807, 2.05) is 37.8 Å². The zero-order chi connectivity index (χ0) is 20.4. The molecule has 2 aromatic carbocycles. The number of carbonyl (C=O) groups excluding carboxylic acids is 1. The van der Waals surface area contributed by atoms with E-state index < -0.39 is 11.6 Å². The SMILES string of the molecule is CC1CN(C(=O)OC(C)(C)C)CC1CP(=S)(c1ccccc1)c1ccccc1. The Labute approximate surface area is 174 Å². The van der Waals surface area contributed by atoms with E-state index in [-0.39, 0.29) is 6.09 Å². The number of hydrogen-bond donors (Lipinski definition) is 0. The molecule has 1 heterocycles. The summed E-state index contributed by atoms with van der Waals surface area (Å²) in [6.07, 6.45) is 0.714. The summed E-state index contributed by atoms with van der Waals surface area (Å²) in [7, 11) is 0. The van der Waals surface area contributed by atoms with E-state index in [1.54, 1.807) is 0 Å². The maximum Gasteiger partial charge on any atom is 0.410 e. The quantitative estimate of drug-likeness (QED) is 0.683. The Morgan fingerprint density at radius 1 is 1.04 bits per heavy atom. The Hall–Kier alpha value is -1.64. The van der Waals surface area contributed by atoms with E-state index in [2.05, 4.69) is 55.5 Å². The molecule has 1 aliphatic rings. The van der Waals surface area contributed by atoms with E-state index >= 15 is 0 Å². The Bertz CT molecular complexity index is 804. The molecule has 0 N–H and O–H groups in total. The molecule has 2 unspecified atom stereocenters. The summed E-state index contributed by atoms with van der Waals surface area (Å²) in [5.41, 5.74) is -0.471. The van der Waals surface area contributed by atoms with Crippen LogP contribution in [0.15, 0.2) is 60.7 Å². The normalized spacial score (nSPS) is 20.2. The van der Waals surface area contributed by atoms with Gasteiger partial charge in [0.05, 0.1) is 0 Å². The van der Waals surface area contributed by atoms with Crippen LogP contribution in [0.5, 0.6) is 0 Å². The molecular formula is C23H30NO2PS. The van der Waals surface area contributed by atoms with Gasteiger partial charge in [0.2, 0.25) is 0 Å². The third-order valence-corrected chi connectivity index (χ3v) is 10.2. The fourth-order valence-electron chi connectivity index (χ4n) is 3.78. The number of carbonyl (C=O) groups is 1. The van der Waals surface area contributed by atoms with Gasteiger partial charge in [-0.25, -0.2) is 4.79 Å². The minimum Gasteiger partial charge on any atom is -0.444 e. The van der Waals surface area contributed by atoms with Crippen LogP contribution >= 0.6 is 6.04 Å². The van der Waals surface area contributed by atoms with Gasteiger partial charge in [-0.2, -0.15) is 0 Å². The van der Waals surface area contributed by atoms with Gasteiger partial charge >= 0.3 is 6.09 Å². The molecule has 3 rings (SSSR count). The van der Waals surface area contributed by atoms with Crippen LogP contribution in [0.4, 0.5) is 4.79 Å². The molecule has 5 heteroatoms. The van der Waals surface area contributed by atoms with Crippen molar-refractivity contribution < 1.29 is 9.53 Å². The summed E-state index contributed by atoms with van der Waals surface area (Å²) in [4.78, 5) is 14.4. The first-order chi connectivity index (χ1) is 13.2. The molecule has 0 aromatic heterocycles. The topological polar surface area (TPSA) is 29.5 Å². The van der Waals surface area contributed by atoms with E-state index in [1.165, 1.54) is 10.6 Å². The van der Waals surface area contributed by atoms with Gasteiger partial charge in [-0.15, -0.1) is 0 Å². The van der Waals surface area contributed by atoms with E-state index in [0.29, 0.717) is 18.4 Å². The lowest BCUT2D eigenvalue weighted by atomic mass is 10.0. The van der Waals surface area contributed by atoms with Crippen LogP contribution in [-0.2, 0) is 16.5 Å². The second-order valence-corrected chi connectivity index (χ2v) is 13.5. The predicted molar refractivity (Wildman–Crippen MR) is 122 cm³/mol. The lowest BCUT2D eigenvalue weighted by Crippen LogP contribution is -2.35. The number of amides is 1. The zero-order valence-corrected chi connectivity index (χ0v) is 18.9. The summed E-state index contributed by atoms with van der Waals surface area (Å²) in [6, 6.07) is 19.1. The largest absolute Gasteiger partial charge is 0.444 e. The molecule has 0 spiro atoms. The molecule has 0 aliphatic carbocycles. The molecule has 2 aromatic rings. The Balaban J connectivity index is 1.84. The van der Waals surface area contributed by atoms with Gasteiger partial charge in [0.25, 0.3) is 0 Å². The second-order valence-electron chi connectivity index (χ2n) is 8.72. The summed E-state index contributed by atoms with van der Waals surface area (Å²) in [5.74, 6) is 0.779. The fraction of sp³-hybridized carbons (Fsp3) is 0.435. The molecule has 150 valence electrons. The lowest BCUT2D eigenvalue weighted by molar-refractivity contribution is 0.0285. The maximum absolute atomic E-state index is 12.5. The van der Waals surface area contributed by atoms with Gasteiger partial charge in [-0.1, -0.05) is 79.4 Å². The minimum absolute atomic E-state index is 0.213. The molecule has 1 amide bonds. The van der Waals surface area contributed by atoms with Crippen molar-refractivity contribution in [3.8, 4) is 0 Å². The van der Waals surface area contributed by atoms with Crippen molar-refractivity contribution in [1.82, 2.24) is 4.90 Å². The van der Waals surface area contributed by atoms with Crippen molar-refractivity contribution in [2.45, 2.75) is 33.3 Å². The molecular weight excluding hydrogens is 385 g/mol. The first kappa shape index (κ1) is 21.1. The van der Waals surface area contributed by atoms with E-state index in [0.717, 1.165) is 12.7 Å². The number of likely N-dealkylation sites (tertiary alicyclic amines) is 1. The standard InChI is InChI=1S/C23H30NO2PS/c1-18-15-24(22(25)26-23(2,3)4)16-19(18)17-27(28,20-11-7-5-8-12-20)21-13-9-6-10-14-21/h5-14,18-19H,15-17H2,1-4H3. The van der Waals surface area contributed by atoms with E-state index in [9.17, 15) is 4.79 Å². The van der Waals surface area contributed by atoms with Gasteiger partial charge in [0.15, 0.2) is 0 Å². The Morgan fingerprint density at radius 3 is 2.00 bits per heavy atom. The highest BCUT2D eigenvalue weighted by atomic mass is 32.4. The average molecular weight is 416 g/mol. The van der Waals surface area contributed by atoms with Gasteiger partial charge in [0, 0.05) is 19.1 Å². The number of rotatable bonds is 4. The molecule has 1 saturated heterocycles. The predicted octanol–water partition coefficient (Wildman–Crippen LogP) is 4.62. The van der Waals surface area contributed by atoms with Crippen LogP contribution in [0.3, 0.4) is 0 Å². The smallest absolute Gasteiger partial charge is 0.410 e. The van der Waals surface area contributed by atoms with Crippen molar-refractivity contribution in [3.63, 3.8) is 0 Å². The highest BCUT2D eigenvalue weighted by Gasteiger charge is 2.38. The van der Waals surface area contributed by atoms with Gasteiger partial charge < -0.3 is 9.64 Å². The van der Waals surface area contributed by atoms with Gasteiger partial charge in [0.1, 0.15) is 5.60 Å². The number of hydrogen-bond acceptors (Lipinski definition) is 3. The summed E-state index contributed by atoms with van der Waals surface area (Å²) < 4.78 is 5.59. The maximum atomic E-state index is 12.5. The van der Waals surface area contributed by atoms with E-state index in [4.69, 9.17) is 16.5 Å². The monoisotopic (exact) mass is 415 g/mol. The molecule has 0 radical (unpaired) electrons. The average Bonchev–Trinajstić information content (AvgIpc) is 3.02. The highest BCUT2D eigenvalue weighted by Crippen LogP contribution is 2.48. The molecule has 3 nitrogen and oxygen atoms in total. The van der Waals surface area contributed by atoms with Crippen molar-refractivity contribution in [2.75, 3.05) is 19.3 Å². The van der Waals surface area contributed by atoms with Crippen LogP contribution in [0.1, 0.15) is 27.7 Å². The Morgan fingerprint density at radius 2 is 1.54 bits per heavy atom. The van der Waals surface area contributed by atoms with Gasteiger partial charge in [-0.3, -0.25) is 0 Å². The van der Waals surface area contributed by atoms with Crippen molar-refractivity contribution in [3.05, 3.63) is 60.7 Å². The van der Waals surface area contributed by atoms with Crippen molar-refractivity contribution >= 4 is 34.5 Å². The second kappa shape index (κ2) is 8.39. The molecule has 0 saturated carbocycles. The summed E-state index contributed by atoms with van der Waals surface area (Å²) in [6.45, 7) is 9.41. The summed E-state index contributed by atoms with van der Waals surface area (Å²) in [5, 5.41) is 2.50. The number of nitrogens with zero attached hydrogens (tertiary/aromatic N) is 1. The Kier molecular flexibility index (Phi) is 6.31. The highest BCUT2D eigenvalue weighted by molar-refractivity contribution is 8.21. The van der Waals surface area contributed by atoms with Crippen molar-refractivity contribution in [2.24, 2.45) is 11.8 Å². The summed E-state index contributed by atoms with van der Waals surface area (Å²) >= 11 is 6.39. The molecule has 28 heavy (non-hydrogen) atoms. The molecule has 2 atom stereocenters. The molecule has 0 bridgehead atoms. The van der Waals surface area contributed by atoms with Crippen LogP contribution in [-0.4, -0.2) is 35.8 Å². The van der Waals surface area contributed by atoms with Crippen LogP contribution in [0.25, 0.3) is 0 Å². The van der Waals surface area contributed by atoms with Crippen LogP contribution < -0.4 is 10.6 Å². The third kappa shape index (κ3) is 4.85. The van der Waals surface area contributed by atoms with Crippen LogP contribution in [0.2, 0.25) is 0 Å². The first-order valence-corrected chi connectivity index (χ1v) is 12.9. The third-order valence-electron chi connectivity index (χ3n) is 5.26. The lowest BCUT2D eigenvalue weighted by Gasteiger charge is -2.28. The first-order valence-electron chi connectivity index (χ1n) is 9.87. The number of benzene rings is 2.